The summed E-state index contributed by atoms with van der Waals surface area (Å²) in [4.78, 5) is 11.8. The summed E-state index contributed by atoms with van der Waals surface area (Å²) in [6.07, 6.45) is -2.56. The Hall–Kier alpha value is -1.47. The van der Waals surface area contributed by atoms with Crippen LogP contribution in [-0.2, 0) is 11.0 Å². The number of hydrogen-bond donors (Lipinski definition) is 2. The summed E-state index contributed by atoms with van der Waals surface area (Å²) in [5, 5.41) is 5.90. The SMILES string of the molecule is Cl.O=C(NCCOc1cccc(C(F)(F)F)c1)C1CCCNC1. The number of rotatable bonds is 5. The minimum atomic E-state index is -4.39. The molecule has 0 aromatic heterocycles. The van der Waals surface area contributed by atoms with Crippen LogP contribution in [0.5, 0.6) is 5.75 Å². The normalized spacial score (nSPS) is 18.0. The molecule has 1 atom stereocenters. The van der Waals surface area contributed by atoms with E-state index in [0.29, 0.717) is 6.54 Å². The monoisotopic (exact) mass is 352 g/mol. The van der Waals surface area contributed by atoms with Crippen LogP contribution in [0.15, 0.2) is 24.3 Å². The number of halogens is 4. The fourth-order valence-electron chi connectivity index (χ4n) is 2.33. The molecule has 1 fully saturated rings. The van der Waals surface area contributed by atoms with Crippen LogP contribution >= 0.6 is 12.4 Å². The summed E-state index contributed by atoms with van der Waals surface area (Å²) in [5.41, 5.74) is -0.748. The van der Waals surface area contributed by atoms with Gasteiger partial charge in [-0.25, -0.2) is 0 Å². The molecule has 0 bridgehead atoms. The second-order valence-corrected chi connectivity index (χ2v) is 5.21. The van der Waals surface area contributed by atoms with Crippen LogP contribution in [-0.4, -0.2) is 32.1 Å². The van der Waals surface area contributed by atoms with Gasteiger partial charge in [0.15, 0.2) is 0 Å². The number of carbonyl (C=O) groups is 1. The molecule has 1 aliphatic rings. The smallest absolute Gasteiger partial charge is 0.416 e. The van der Waals surface area contributed by atoms with Crippen molar-refractivity contribution in [2.24, 2.45) is 5.92 Å². The zero-order valence-electron chi connectivity index (χ0n) is 12.5. The Bertz CT molecular complexity index is 506. The first kappa shape index (κ1) is 19.6. The topological polar surface area (TPSA) is 50.4 Å². The molecule has 1 aliphatic heterocycles. The van der Waals surface area contributed by atoms with Crippen molar-refractivity contribution in [1.82, 2.24) is 10.6 Å². The highest BCUT2D eigenvalue weighted by Crippen LogP contribution is 2.31. The van der Waals surface area contributed by atoms with E-state index in [0.717, 1.165) is 31.5 Å². The van der Waals surface area contributed by atoms with Gasteiger partial charge >= 0.3 is 6.18 Å². The van der Waals surface area contributed by atoms with Gasteiger partial charge in [-0.1, -0.05) is 6.07 Å². The van der Waals surface area contributed by atoms with E-state index in [9.17, 15) is 18.0 Å². The van der Waals surface area contributed by atoms with Gasteiger partial charge in [-0.15, -0.1) is 12.4 Å². The third-order valence-electron chi connectivity index (χ3n) is 3.50. The highest BCUT2D eigenvalue weighted by Gasteiger charge is 2.30. The van der Waals surface area contributed by atoms with E-state index >= 15 is 0 Å². The molecule has 130 valence electrons. The summed E-state index contributed by atoms with van der Waals surface area (Å²) in [7, 11) is 0. The summed E-state index contributed by atoms with van der Waals surface area (Å²) in [6.45, 7) is 2.00. The molecule has 0 radical (unpaired) electrons. The number of benzene rings is 1. The number of ether oxygens (including phenoxy) is 1. The molecule has 1 aromatic rings. The van der Waals surface area contributed by atoms with Gasteiger partial charge in [0, 0.05) is 6.54 Å². The third kappa shape index (κ3) is 6.27. The number of nitrogens with one attached hydrogen (secondary N) is 2. The number of alkyl halides is 3. The summed E-state index contributed by atoms with van der Waals surface area (Å²) < 4.78 is 42.9. The lowest BCUT2D eigenvalue weighted by molar-refractivity contribution is -0.137. The number of carbonyl (C=O) groups excluding carboxylic acids is 1. The molecule has 0 aliphatic carbocycles. The van der Waals surface area contributed by atoms with Gasteiger partial charge in [0.2, 0.25) is 5.91 Å². The summed E-state index contributed by atoms with van der Waals surface area (Å²) in [6, 6.07) is 4.70. The van der Waals surface area contributed by atoms with E-state index in [1.165, 1.54) is 12.1 Å². The molecule has 2 N–H and O–H groups in total. The van der Waals surface area contributed by atoms with Crippen molar-refractivity contribution < 1.29 is 22.7 Å². The molecule has 0 spiro atoms. The maximum absolute atomic E-state index is 12.5. The molecule has 1 amide bonds. The van der Waals surface area contributed by atoms with Crippen LogP contribution in [0.2, 0.25) is 0 Å². The summed E-state index contributed by atoms with van der Waals surface area (Å²) >= 11 is 0. The Balaban J connectivity index is 0.00000264. The fourth-order valence-corrected chi connectivity index (χ4v) is 2.33. The predicted octanol–water partition coefficient (Wildman–Crippen LogP) is 2.62. The van der Waals surface area contributed by atoms with E-state index in [4.69, 9.17) is 4.74 Å². The van der Waals surface area contributed by atoms with Gasteiger partial charge in [0.25, 0.3) is 0 Å². The van der Waals surface area contributed by atoms with Crippen LogP contribution in [0, 0.1) is 5.92 Å². The van der Waals surface area contributed by atoms with E-state index in [2.05, 4.69) is 10.6 Å². The van der Waals surface area contributed by atoms with E-state index in [1.54, 1.807) is 0 Å². The molecule has 1 heterocycles. The first-order valence-electron chi connectivity index (χ1n) is 7.25. The van der Waals surface area contributed by atoms with Gasteiger partial charge < -0.3 is 15.4 Å². The van der Waals surface area contributed by atoms with Gasteiger partial charge in [-0.05, 0) is 37.6 Å². The Morgan fingerprint density at radius 2 is 2.17 bits per heavy atom. The van der Waals surface area contributed by atoms with Gasteiger partial charge in [-0.3, -0.25) is 4.79 Å². The summed E-state index contributed by atoms with van der Waals surface area (Å²) in [5.74, 6) is 0.0607. The largest absolute Gasteiger partial charge is 0.492 e. The zero-order chi connectivity index (χ0) is 16.0. The molecule has 23 heavy (non-hydrogen) atoms. The Kier molecular flexibility index (Phi) is 7.64. The maximum Gasteiger partial charge on any atom is 0.416 e. The fraction of sp³-hybridized carbons (Fsp3) is 0.533. The second kappa shape index (κ2) is 8.98. The molecule has 1 saturated heterocycles. The maximum atomic E-state index is 12.5. The first-order valence-corrected chi connectivity index (χ1v) is 7.25. The standard InChI is InChI=1S/C15H19F3N2O2.ClH/c16-15(17,18)12-4-1-5-13(9-12)22-8-7-20-14(21)11-3-2-6-19-10-11;/h1,4-5,9,11,19H,2-3,6-8,10H2,(H,20,21);1H. The van der Waals surface area contributed by atoms with Gasteiger partial charge in [-0.2, -0.15) is 13.2 Å². The van der Waals surface area contributed by atoms with E-state index in [-0.39, 0.29) is 43.1 Å². The third-order valence-corrected chi connectivity index (χ3v) is 3.50. The molecule has 1 unspecified atom stereocenters. The lowest BCUT2D eigenvalue weighted by atomic mass is 9.99. The van der Waals surface area contributed by atoms with Gasteiger partial charge in [0.05, 0.1) is 18.0 Å². The lowest BCUT2D eigenvalue weighted by Gasteiger charge is -2.21. The molecule has 4 nitrogen and oxygen atoms in total. The zero-order valence-corrected chi connectivity index (χ0v) is 13.3. The van der Waals surface area contributed by atoms with Crippen molar-refractivity contribution in [3.8, 4) is 5.75 Å². The Morgan fingerprint density at radius 1 is 1.39 bits per heavy atom. The average Bonchev–Trinajstić information content (AvgIpc) is 2.52. The van der Waals surface area contributed by atoms with Crippen molar-refractivity contribution in [2.45, 2.75) is 19.0 Å². The highest BCUT2D eigenvalue weighted by molar-refractivity contribution is 5.85. The minimum absolute atomic E-state index is 0. The average molecular weight is 353 g/mol. The van der Waals surface area contributed by atoms with Crippen LogP contribution in [0.4, 0.5) is 13.2 Å². The molecule has 1 aromatic carbocycles. The molecular formula is C15H20ClF3N2O2. The van der Waals surface area contributed by atoms with Crippen molar-refractivity contribution in [1.29, 1.82) is 0 Å². The highest BCUT2D eigenvalue weighted by atomic mass is 35.5. The Morgan fingerprint density at radius 3 is 2.83 bits per heavy atom. The van der Waals surface area contributed by atoms with E-state index in [1.807, 2.05) is 0 Å². The Labute approximate surface area is 139 Å². The quantitative estimate of drug-likeness (QED) is 0.801. The van der Waals surface area contributed by atoms with Crippen molar-refractivity contribution in [2.75, 3.05) is 26.2 Å². The van der Waals surface area contributed by atoms with Crippen LogP contribution in [0.25, 0.3) is 0 Å². The van der Waals surface area contributed by atoms with E-state index < -0.39 is 11.7 Å². The molecule has 8 heteroatoms. The molecule has 2 rings (SSSR count). The lowest BCUT2D eigenvalue weighted by Crippen LogP contribution is -2.41. The number of piperidine rings is 1. The van der Waals surface area contributed by atoms with Crippen molar-refractivity contribution in [3.05, 3.63) is 29.8 Å². The number of hydrogen-bond acceptors (Lipinski definition) is 3. The van der Waals surface area contributed by atoms with Crippen LogP contribution in [0.1, 0.15) is 18.4 Å². The number of amides is 1. The minimum Gasteiger partial charge on any atom is -0.492 e. The van der Waals surface area contributed by atoms with Crippen LogP contribution < -0.4 is 15.4 Å². The predicted molar refractivity (Wildman–Crippen MR) is 82.8 cm³/mol. The van der Waals surface area contributed by atoms with Crippen LogP contribution in [0.3, 0.4) is 0 Å². The second-order valence-electron chi connectivity index (χ2n) is 5.21. The van der Waals surface area contributed by atoms with Crippen molar-refractivity contribution in [3.63, 3.8) is 0 Å². The molecular weight excluding hydrogens is 333 g/mol. The molecule has 0 saturated carbocycles. The first-order chi connectivity index (χ1) is 10.5. The van der Waals surface area contributed by atoms with Crippen molar-refractivity contribution >= 4 is 18.3 Å². The van der Waals surface area contributed by atoms with Gasteiger partial charge in [0.1, 0.15) is 12.4 Å².